The second kappa shape index (κ2) is 5.87. The van der Waals surface area contributed by atoms with Crippen molar-refractivity contribution in [2.45, 2.75) is 26.2 Å². The van der Waals surface area contributed by atoms with E-state index in [9.17, 15) is 0 Å². The van der Waals surface area contributed by atoms with Crippen LogP contribution in [0.1, 0.15) is 24.8 Å². The van der Waals surface area contributed by atoms with E-state index in [-0.39, 0.29) is 0 Å². The number of hydrogen-bond donors (Lipinski definition) is 2. The SMILES string of the molecule is Cc1cnc(NCCCN2CCCC2)c(N)c1. The fourth-order valence-corrected chi connectivity index (χ4v) is 2.26. The summed E-state index contributed by atoms with van der Waals surface area (Å²) < 4.78 is 0. The zero-order valence-electron chi connectivity index (χ0n) is 10.6. The van der Waals surface area contributed by atoms with Crippen LogP contribution in [0.2, 0.25) is 0 Å². The standard InChI is InChI=1S/C13H22N4/c1-11-9-12(14)13(16-10-11)15-5-4-8-17-6-2-3-7-17/h9-10H,2-8,14H2,1H3,(H,15,16). The first-order valence-electron chi connectivity index (χ1n) is 6.44. The minimum Gasteiger partial charge on any atom is -0.396 e. The average Bonchev–Trinajstić information content (AvgIpc) is 2.79. The Morgan fingerprint density at radius 3 is 2.88 bits per heavy atom. The number of aromatic nitrogens is 1. The molecule has 1 saturated heterocycles. The van der Waals surface area contributed by atoms with Gasteiger partial charge in [-0.1, -0.05) is 0 Å². The molecule has 0 amide bonds. The summed E-state index contributed by atoms with van der Waals surface area (Å²) in [5.74, 6) is 0.817. The maximum atomic E-state index is 5.89. The van der Waals surface area contributed by atoms with Gasteiger partial charge in [0.1, 0.15) is 5.82 Å². The van der Waals surface area contributed by atoms with Crippen molar-refractivity contribution in [3.63, 3.8) is 0 Å². The third kappa shape index (κ3) is 3.60. The van der Waals surface area contributed by atoms with Gasteiger partial charge in [-0.3, -0.25) is 0 Å². The molecule has 4 heteroatoms. The lowest BCUT2D eigenvalue weighted by molar-refractivity contribution is 0.337. The van der Waals surface area contributed by atoms with Gasteiger partial charge in [0.15, 0.2) is 0 Å². The van der Waals surface area contributed by atoms with Crippen LogP contribution in [-0.2, 0) is 0 Å². The van der Waals surface area contributed by atoms with Crippen LogP contribution in [0.5, 0.6) is 0 Å². The predicted octanol–water partition coefficient (Wildman–Crippen LogP) is 1.87. The summed E-state index contributed by atoms with van der Waals surface area (Å²) in [5, 5.41) is 3.30. The van der Waals surface area contributed by atoms with Crippen molar-refractivity contribution in [3.05, 3.63) is 17.8 Å². The summed E-state index contributed by atoms with van der Waals surface area (Å²) in [7, 11) is 0. The molecule has 0 saturated carbocycles. The summed E-state index contributed by atoms with van der Waals surface area (Å²) >= 11 is 0. The summed E-state index contributed by atoms with van der Waals surface area (Å²) in [4.78, 5) is 6.82. The molecule has 1 aromatic heterocycles. The number of aryl methyl sites for hydroxylation is 1. The van der Waals surface area contributed by atoms with E-state index >= 15 is 0 Å². The fourth-order valence-electron chi connectivity index (χ4n) is 2.26. The van der Waals surface area contributed by atoms with Gasteiger partial charge in [0.05, 0.1) is 5.69 Å². The van der Waals surface area contributed by atoms with Gasteiger partial charge in [-0.2, -0.15) is 0 Å². The maximum absolute atomic E-state index is 5.89. The Hall–Kier alpha value is -1.29. The van der Waals surface area contributed by atoms with E-state index in [1.54, 1.807) is 0 Å². The number of nitrogens with zero attached hydrogens (tertiary/aromatic N) is 2. The molecule has 0 radical (unpaired) electrons. The van der Waals surface area contributed by atoms with Crippen LogP contribution >= 0.6 is 0 Å². The molecule has 1 aliphatic rings. The fraction of sp³-hybridized carbons (Fsp3) is 0.615. The number of nitrogen functional groups attached to an aromatic ring is 1. The molecule has 1 fully saturated rings. The van der Waals surface area contributed by atoms with Gasteiger partial charge in [-0.05, 0) is 57.5 Å². The Morgan fingerprint density at radius 2 is 2.18 bits per heavy atom. The Bertz CT molecular complexity index is 358. The molecule has 2 rings (SSSR count). The second-order valence-corrected chi connectivity index (χ2v) is 4.78. The lowest BCUT2D eigenvalue weighted by Gasteiger charge is -2.15. The summed E-state index contributed by atoms with van der Waals surface area (Å²) in [6, 6.07) is 1.95. The van der Waals surface area contributed by atoms with Gasteiger partial charge < -0.3 is 16.0 Å². The van der Waals surface area contributed by atoms with Gasteiger partial charge >= 0.3 is 0 Å². The third-order valence-corrected chi connectivity index (χ3v) is 3.20. The van der Waals surface area contributed by atoms with E-state index in [1.807, 2.05) is 19.2 Å². The van der Waals surface area contributed by atoms with Crippen molar-refractivity contribution in [3.8, 4) is 0 Å². The Kier molecular flexibility index (Phi) is 4.20. The van der Waals surface area contributed by atoms with E-state index in [4.69, 9.17) is 5.73 Å². The number of nitrogens with one attached hydrogen (secondary N) is 1. The minimum atomic E-state index is 0.742. The number of hydrogen-bond acceptors (Lipinski definition) is 4. The highest BCUT2D eigenvalue weighted by Gasteiger charge is 2.10. The molecule has 94 valence electrons. The van der Waals surface area contributed by atoms with Crippen LogP contribution in [0.4, 0.5) is 11.5 Å². The van der Waals surface area contributed by atoms with Gasteiger partial charge in [0, 0.05) is 12.7 Å². The molecule has 0 spiro atoms. The van der Waals surface area contributed by atoms with Gasteiger partial charge in [-0.15, -0.1) is 0 Å². The summed E-state index contributed by atoms with van der Waals surface area (Å²) in [6.45, 7) is 6.66. The molecule has 1 aromatic rings. The molecule has 17 heavy (non-hydrogen) atoms. The highest BCUT2D eigenvalue weighted by molar-refractivity contribution is 5.61. The van der Waals surface area contributed by atoms with Gasteiger partial charge in [-0.25, -0.2) is 4.98 Å². The van der Waals surface area contributed by atoms with E-state index in [2.05, 4.69) is 15.2 Å². The lowest BCUT2D eigenvalue weighted by Crippen LogP contribution is -2.22. The first-order chi connectivity index (χ1) is 8.25. The molecule has 0 bridgehead atoms. The van der Waals surface area contributed by atoms with Crippen molar-refractivity contribution in [2.24, 2.45) is 0 Å². The van der Waals surface area contributed by atoms with Gasteiger partial charge in [0.2, 0.25) is 0 Å². The van der Waals surface area contributed by atoms with E-state index in [1.165, 1.54) is 32.5 Å². The predicted molar refractivity (Wildman–Crippen MR) is 72.2 cm³/mol. The van der Waals surface area contributed by atoms with E-state index < -0.39 is 0 Å². The van der Waals surface area contributed by atoms with Crippen molar-refractivity contribution < 1.29 is 0 Å². The number of pyridine rings is 1. The Labute approximate surface area is 103 Å². The topological polar surface area (TPSA) is 54.2 Å². The number of rotatable bonds is 5. The molecule has 1 aliphatic heterocycles. The maximum Gasteiger partial charge on any atom is 0.149 e. The van der Waals surface area contributed by atoms with Crippen molar-refractivity contribution >= 4 is 11.5 Å². The zero-order chi connectivity index (χ0) is 12.1. The third-order valence-electron chi connectivity index (χ3n) is 3.20. The highest BCUT2D eigenvalue weighted by Crippen LogP contribution is 2.15. The van der Waals surface area contributed by atoms with Crippen LogP contribution in [0.3, 0.4) is 0 Å². The number of likely N-dealkylation sites (tertiary alicyclic amines) is 1. The van der Waals surface area contributed by atoms with E-state index in [0.717, 1.165) is 30.0 Å². The number of nitrogens with two attached hydrogens (primary N) is 1. The molecular weight excluding hydrogens is 212 g/mol. The quantitative estimate of drug-likeness (QED) is 0.764. The molecule has 0 atom stereocenters. The molecule has 3 N–H and O–H groups in total. The summed E-state index contributed by atoms with van der Waals surface area (Å²) in [6.07, 6.45) is 5.72. The highest BCUT2D eigenvalue weighted by atomic mass is 15.1. The lowest BCUT2D eigenvalue weighted by atomic mass is 10.3. The van der Waals surface area contributed by atoms with Crippen molar-refractivity contribution in [1.82, 2.24) is 9.88 Å². The zero-order valence-corrected chi connectivity index (χ0v) is 10.6. The van der Waals surface area contributed by atoms with Gasteiger partial charge in [0.25, 0.3) is 0 Å². The number of anilines is 2. The van der Waals surface area contributed by atoms with Crippen molar-refractivity contribution in [2.75, 3.05) is 37.2 Å². The molecule has 0 unspecified atom stereocenters. The molecule has 0 aliphatic carbocycles. The van der Waals surface area contributed by atoms with Crippen LogP contribution in [0.15, 0.2) is 12.3 Å². The monoisotopic (exact) mass is 234 g/mol. The Morgan fingerprint density at radius 1 is 1.41 bits per heavy atom. The summed E-state index contributed by atoms with van der Waals surface area (Å²) in [5.41, 5.74) is 7.73. The first-order valence-corrected chi connectivity index (χ1v) is 6.44. The van der Waals surface area contributed by atoms with E-state index in [0.29, 0.717) is 0 Å². The smallest absolute Gasteiger partial charge is 0.149 e. The average molecular weight is 234 g/mol. The van der Waals surface area contributed by atoms with Crippen LogP contribution in [0, 0.1) is 6.92 Å². The first kappa shape index (κ1) is 12.2. The largest absolute Gasteiger partial charge is 0.396 e. The van der Waals surface area contributed by atoms with Crippen LogP contribution in [0.25, 0.3) is 0 Å². The van der Waals surface area contributed by atoms with Crippen molar-refractivity contribution in [1.29, 1.82) is 0 Å². The van der Waals surface area contributed by atoms with Crippen LogP contribution < -0.4 is 11.1 Å². The minimum absolute atomic E-state index is 0.742. The van der Waals surface area contributed by atoms with Crippen LogP contribution in [-0.4, -0.2) is 36.1 Å². The normalized spacial score (nSPS) is 16.3. The molecule has 4 nitrogen and oxygen atoms in total. The Balaban J connectivity index is 1.70. The second-order valence-electron chi connectivity index (χ2n) is 4.78. The molecular formula is C13H22N4. The molecule has 2 heterocycles. The molecule has 0 aromatic carbocycles.